The monoisotopic (exact) mass is 545 g/mol. The number of nitrogens with one attached hydrogen (secondary N) is 2. The van der Waals surface area contributed by atoms with Crippen LogP contribution in [0.5, 0.6) is 5.75 Å². The van der Waals surface area contributed by atoms with Crippen molar-refractivity contribution in [3.63, 3.8) is 0 Å². The van der Waals surface area contributed by atoms with Gasteiger partial charge in [0, 0.05) is 44.2 Å². The van der Waals surface area contributed by atoms with E-state index >= 15 is 0 Å². The third-order valence-corrected chi connectivity index (χ3v) is 6.60. The molecule has 0 spiro atoms. The average Bonchev–Trinajstić information content (AvgIpc) is 3.26. The number of carbonyl (C=O) groups is 3. The summed E-state index contributed by atoms with van der Waals surface area (Å²) in [6, 6.07) is 12.7. The summed E-state index contributed by atoms with van der Waals surface area (Å²) in [6.45, 7) is 0.0629. The van der Waals surface area contributed by atoms with Crippen molar-refractivity contribution in [3.8, 4) is 5.75 Å². The number of hydrogen-bond donors (Lipinski definition) is 2. The molecule has 5 rings (SSSR count). The lowest BCUT2D eigenvalue weighted by Gasteiger charge is -2.29. The van der Waals surface area contributed by atoms with Gasteiger partial charge in [0.15, 0.2) is 11.5 Å². The number of halogens is 1. The lowest BCUT2D eigenvalue weighted by atomic mass is 10.1. The molecule has 1 aromatic carbocycles. The summed E-state index contributed by atoms with van der Waals surface area (Å²) in [5.41, 5.74) is 1.78. The average molecular weight is 546 g/mol. The van der Waals surface area contributed by atoms with Crippen molar-refractivity contribution in [1.82, 2.24) is 24.4 Å². The molecular formula is C27H24ClN7O4. The minimum atomic E-state index is -0.859. The van der Waals surface area contributed by atoms with Crippen LogP contribution in [0.2, 0.25) is 5.02 Å². The molecule has 3 aromatic heterocycles. The van der Waals surface area contributed by atoms with Crippen molar-refractivity contribution in [2.75, 3.05) is 17.7 Å². The summed E-state index contributed by atoms with van der Waals surface area (Å²) in [4.78, 5) is 54.0. The van der Waals surface area contributed by atoms with E-state index in [1.165, 1.54) is 24.5 Å². The molecule has 0 saturated heterocycles. The SMILES string of the molecule is COc1ccnc(NC(=O)c2ccc(CN3C(=O)c4c(ncn4C)NC(=O)C3Cc3ccccn3)cc2Cl)c1. The first-order valence-electron chi connectivity index (χ1n) is 12.0. The Morgan fingerprint density at radius 2 is 1.95 bits per heavy atom. The maximum Gasteiger partial charge on any atom is 0.275 e. The van der Waals surface area contributed by atoms with Gasteiger partial charge in [0.25, 0.3) is 11.8 Å². The first-order chi connectivity index (χ1) is 18.8. The standard InChI is InChI=1S/C27H24ClN7O4/c1-34-15-31-24-23(34)27(38)35(21(26(37)33-24)12-17-5-3-4-9-29-17)14-16-6-7-19(20(28)11-16)25(36)32-22-13-18(39-2)8-10-30-22/h3-11,13,15,21H,12,14H2,1-2H3,(H,33,37)(H,30,32,36). The Kier molecular flexibility index (Phi) is 7.24. The number of fused-ring (bicyclic) bond motifs is 1. The number of methoxy groups -OCH3 is 1. The molecule has 3 amide bonds. The summed E-state index contributed by atoms with van der Waals surface area (Å²) < 4.78 is 6.73. The molecule has 12 heteroatoms. The summed E-state index contributed by atoms with van der Waals surface area (Å²) in [5.74, 6) is -0.136. The molecule has 1 atom stereocenters. The predicted molar refractivity (Wildman–Crippen MR) is 144 cm³/mol. The summed E-state index contributed by atoms with van der Waals surface area (Å²) in [6.07, 6.45) is 4.83. The van der Waals surface area contributed by atoms with Gasteiger partial charge in [-0.05, 0) is 35.9 Å². The van der Waals surface area contributed by atoms with Gasteiger partial charge in [-0.1, -0.05) is 23.7 Å². The van der Waals surface area contributed by atoms with Crippen LogP contribution in [0.4, 0.5) is 11.6 Å². The number of amides is 3. The minimum absolute atomic E-state index is 0.0629. The molecule has 0 aliphatic carbocycles. The first-order valence-corrected chi connectivity index (χ1v) is 12.3. The zero-order valence-corrected chi connectivity index (χ0v) is 21.8. The van der Waals surface area contributed by atoms with Gasteiger partial charge in [-0.25, -0.2) is 9.97 Å². The number of hydrogen-bond acceptors (Lipinski definition) is 7. The number of aryl methyl sites for hydroxylation is 1. The molecule has 1 aliphatic rings. The van der Waals surface area contributed by atoms with Crippen LogP contribution in [0.25, 0.3) is 0 Å². The Labute approximate surface area is 228 Å². The van der Waals surface area contributed by atoms with Crippen molar-refractivity contribution in [2.45, 2.75) is 19.0 Å². The summed E-state index contributed by atoms with van der Waals surface area (Å²) in [7, 11) is 3.21. The fourth-order valence-corrected chi connectivity index (χ4v) is 4.61. The topological polar surface area (TPSA) is 131 Å². The molecule has 0 bridgehead atoms. The highest BCUT2D eigenvalue weighted by molar-refractivity contribution is 6.34. The second-order valence-electron chi connectivity index (χ2n) is 8.87. The molecule has 4 heterocycles. The van der Waals surface area contributed by atoms with E-state index in [0.29, 0.717) is 22.8 Å². The van der Waals surface area contributed by atoms with E-state index in [0.717, 1.165) is 0 Å². The van der Waals surface area contributed by atoms with Crippen LogP contribution in [0.1, 0.15) is 32.1 Å². The van der Waals surface area contributed by atoms with Crippen molar-refractivity contribution >= 4 is 41.0 Å². The molecule has 0 radical (unpaired) electrons. The minimum Gasteiger partial charge on any atom is -0.497 e. The smallest absolute Gasteiger partial charge is 0.275 e. The van der Waals surface area contributed by atoms with E-state index in [4.69, 9.17) is 16.3 Å². The lowest BCUT2D eigenvalue weighted by Crippen LogP contribution is -2.46. The highest BCUT2D eigenvalue weighted by atomic mass is 35.5. The second kappa shape index (κ2) is 10.9. The van der Waals surface area contributed by atoms with Gasteiger partial charge in [0.2, 0.25) is 5.91 Å². The Hall–Kier alpha value is -4.77. The second-order valence-corrected chi connectivity index (χ2v) is 9.27. The fraction of sp³-hybridized carbons (Fsp3) is 0.185. The maximum atomic E-state index is 13.7. The third-order valence-electron chi connectivity index (χ3n) is 6.29. The van der Waals surface area contributed by atoms with Gasteiger partial charge in [-0.15, -0.1) is 0 Å². The molecule has 1 aliphatic heterocycles. The number of anilines is 2. The van der Waals surface area contributed by atoms with E-state index in [9.17, 15) is 14.4 Å². The summed E-state index contributed by atoms with van der Waals surface area (Å²) in [5, 5.41) is 5.65. The molecule has 4 aromatic rings. The van der Waals surface area contributed by atoms with Crippen molar-refractivity contribution < 1.29 is 19.1 Å². The molecule has 198 valence electrons. The van der Waals surface area contributed by atoms with Crippen molar-refractivity contribution in [3.05, 3.63) is 94.8 Å². The molecule has 11 nitrogen and oxygen atoms in total. The Balaban J connectivity index is 1.42. The van der Waals surface area contributed by atoms with Crippen LogP contribution in [-0.4, -0.2) is 55.3 Å². The molecule has 1 unspecified atom stereocenters. The van der Waals surface area contributed by atoms with Gasteiger partial charge in [-0.3, -0.25) is 19.4 Å². The van der Waals surface area contributed by atoms with E-state index in [1.54, 1.807) is 60.3 Å². The highest BCUT2D eigenvalue weighted by Gasteiger charge is 2.38. The van der Waals surface area contributed by atoms with Crippen LogP contribution < -0.4 is 15.4 Å². The number of benzene rings is 1. The normalized spacial score (nSPS) is 14.8. The van der Waals surface area contributed by atoms with E-state index in [-0.39, 0.29) is 46.9 Å². The van der Waals surface area contributed by atoms with Crippen LogP contribution in [0, 0.1) is 0 Å². The lowest BCUT2D eigenvalue weighted by molar-refractivity contribution is -0.120. The fourth-order valence-electron chi connectivity index (χ4n) is 4.32. The number of ether oxygens (including phenoxy) is 1. The van der Waals surface area contributed by atoms with Crippen LogP contribution in [0.15, 0.2) is 67.3 Å². The Morgan fingerprint density at radius 3 is 2.69 bits per heavy atom. The number of aromatic nitrogens is 4. The number of pyridine rings is 2. The number of carbonyl (C=O) groups excluding carboxylic acids is 3. The molecule has 0 fully saturated rings. The summed E-state index contributed by atoms with van der Waals surface area (Å²) >= 11 is 6.51. The number of imidazole rings is 1. The van der Waals surface area contributed by atoms with Gasteiger partial charge < -0.3 is 24.8 Å². The number of rotatable bonds is 7. The van der Waals surface area contributed by atoms with Crippen LogP contribution in [0.3, 0.4) is 0 Å². The highest BCUT2D eigenvalue weighted by Crippen LogP contribution is 2.27. The quantitative estimate of drug-likeness (QED) is 0.364. The van der Waals surface area contributed by atoms with Gasteiger partial charge in [0.05, 0.1) is 24.0 Å². The van der Waals surface area contributed by atoms with Gasteiger partial charge in [0.1, 0.15) is 17.6 Å². The van der Waals surface area contributed by atoms with E-state index in [1.807, 2.05) is 6.07 Å². The zero-order chi connectivity index (χ0) is 27.5. The van der Waals surface area contributed by atoms with E-state index in [2.05, 4.69) is 25.6 Å². The first kappa shape index (κ1) is 25.9. The molecule has 0 saturated carbocycles. The third kappa shape index (κ3) is 5.43. The Bertz CT molecular complexity index is 1560. The van der Waals surface area contributed by atoms with Gasteiger partial charge in [-0.2, -0.15) is 0 Å². The van der Waals surface area contributed by atoms with Crippen molar-refractivity contribution in [2.24, 2.45) is 7.05 Å². The van der Waals surface area contributed by atoms with Crippen molar-refractivity contribution in [1.29, 1.82) is 0 Å². The largest absolute Gasteiger partial charge is 0.497 e. The van der Waals surface area contributed by atoms with Crippen LogP contribution >= 0.6 is 11.6 Å². The molecular weight excluding hydrogens is 522 g/mol. The molecule has 2 N–H and O–H groups in total. The van der Waals surface area contributed by atoms with E-state index < -0.39 is 11.9 Å². The predicted octanol–water partition coefficient (Wildman–Crippen LogP) is 3.33. The zero-order valence-electron chi connectivity index (χ0n) is 21.1. The maximum absolute atomic E-state index is 13.7. The van der Waals surface area contributed by atoms with Crippen LogP contribution in [-0.2, 0) is 24.8 Å². The van der Waals surface area contributed by atoms with Gasteiger partial charge >= 0.3 is 0 Å². The Morgan fingerprint density at radius 1 is 1.10 bits per heavy atom. The molecule has 39 heavy (non-hydrogen) atoms. The number of nitrogens with zero attached hydrogens (tertiary/aromatic N) is 5.